The highest BCUT2D eigenvalue weighted by Gasteiger charge is 2.19. The molecule has 2 aromatic heterocycles. The fourth-order valence-corrected chi connectivity index (χ4v) is 2.23. The summed E-state index contributed by atoms with van der Waals surface area (Å²) in [5.74, 6) is -0.385. The molecule has 0 saturated carbocycles. The van der Waals surface area contributed by atoms with Crippen LogP contribution in [0.15, 0.2) is 53.3 Å². The van der Waals surface area contributed by atoms with Gasteiger partial charge in [0.05, 0.1) is 25.6 Å². The second-order valence-electron chi connectivity index (χ2n) is 5.16. The van der Waals surface area contributed by atoms with Crippen molar-refractivity contribution in [3.8, 4) is 0 Å². The Hall–Kier alpha value is -3.00. The molecule has 0 radical (unpaired) electrons. The molecule has 7 nitrogen and oxygen atoms in total. The summed E-state index contributed by atoms with van der Waals surface area (Å²) in [7, 11) is 0. The number of nitrogens with zero attached hydrogens (tertiary/aromatic N) is 3. The molecule has 124 valence electrons. The van der Waals surface area contributed by atoms with E-state index in [1.807, 2.05) is 0 Å². The Labute approximate surface area is 136 Å². The van der Waals surface area contributed by atoms with Crippen LogP contribution in [0.5, 0.6) is 0 Å². The molecule has 0 aliphatic heterocycles. The molecule has 1 aromatic carbocycles. The molecular weight excluding hydrogens is 315 g/mol. The zero-order valence-electron chi connectivity index (χ0n) is 12.6. The van der Waals surface area contributed by atoms with Crippen molar-refractivity contribution in [3.63, 3.8) is 0 Å². The number of hydrogen-bond acceptors (Lipinski definition) is 5. The first-order chi connectivity index (χ1) is 11.7. The normalized spacial score (nSPS) is 12.1. The highest BCUT2D eigenvalue weighted by molar-refractivity contribution is 5.92. The van der Waals surface area contributed by atoms with Crippen LogP contribution in [0.2, 0.25) is 0 Å². The van der Waals surface area contributed by atoms with Crippen LogP contribution in [0.3, 0.4) is 0 Å². The van der Waals surface area contributed by atoms with E-state index in [0.717, 1.165) is 0 Å². The standard InChI is InChI=1S/C16H15FN4O3/c17-12-4-1-3-11(7-12)8-21-9-13(19-20-21)16(23)18-14(10-22)15-5-2-6-24-15/h1-7,9,14,22H,8,10H2,(H,18,23). The van der Waals surface area contributed by atoms with Gasteiger partial charge in [-0.25, -0.2) is 9.07 Å². The molecule has 0 aliphatic rings. The number of benzene rings is 1. The van der Waals surface area contributed by atoms with E-state index < -0.39 is 11.9 Å². The van der Waals surface area contributed by atoms with Gasteiger partial charge in [0, 0.05) is 0 Å². The molecule has 0 aliphatic carbocycles. The summed E-state index contributed by atoms with van der Waals surface area (Å²) < 4.78 is 19.8. The highest BCUT2D eigenvalue weighted by Crippen LogP contribution is 2.13. The van der Waals surface area contributed by atoms with Crippen molar-refractivity contribution < 1.29 is 18.7 Å². The minimum Gasteiger partial charge on any atom is -0.467 e. The van der Waals surface area contributed by atoms with Crippen molar-refractivity contribution in [1.82, 2.24) is 20.3 Å². The summed E-state index contributed by atoms with van der Waals surface area (Å²) in [4.78, 5) is 12.2. The predicted octanol–water partition coefficient (Wildman–Crippen LogP) is 1.52. The molecule has 8 heteroatoms. The van der Waals surface area contributed by atoms with Crippen LogP contribution in [0.25, 0.3) is 0 Å². The lowest BCUT2D eigenvalue weighted by atomic mass is 10.2. The van der Waals surface area contributed by atoms with Crippen LogP contribution in [-0.2, 0) is 6.54 Å². The number of aliphatic hydroxyl groups excluding tert-OH is 1. The maximum Gasteiger partial charge on any atom is 0.274 e. The van der Waals surface area contributed by atoms with Crippen LogP contribution in [0, 0.1) is 5.82 Å². The number of halogens is 1. The van der Waals surface area contributed by atoms with E-state index in [4.69, 9.17) is 4.42 Å². The van der Waals surface area contributed by atoms with Crippen LogP contribution < -0.4 is 5.32 Å². The maximum absolute atomic E-state index is 13.2. The van der Waals surface area contributed by atoms with Crippen molar-refractivity contribution in [2.75, 3.05) is 6.61 Å². The third-order valence-electron chi connectivity index (χ3n) is 3.38. The molecule has 2 N–H and O–H groups in total. The second kappa shape index (κ2) is 7.05. The monoisotopic (exact) mass is 330 g/mol. The highest BCUT2D eigenvalue weighted by atomic mass is 19.1. The number of furan rings is 1. The summed E-state index contributed by atoms with van der Waals surface area (Å²) in [5, 5.41) is 19.6. The van der Waals surface area contributed by atoms with E-state index in [9.17, 15) is 14.3 Å². The Bertz CT molecular complexity index is 816. The van der Waals surface area contributed by atoms with Crippen molar-refractivity contribution in [2.45, 2.75) is 12.6 Å². The van der Waals surface area contributed by atoms with Gasteiger partial charge in [0.15, 0.2) is 5.69 Å². The molecule has 0 fully saturated rings. The van der Waals surface area contributed by atoms with Crippen molar-refractivity contribution >= 4 is 5.91 Å². The second-order valence-corrected chi connectivity index (χ2v) is 5.16. The molecule has 3 aromatic rings. The fourth-order valence-electron chi connectivity index (χ4n) is 2.23. The summed E-state index contributed by atoms with van der Waals surface area (Å²) in [5.41, 5.74) is 0.798. The predicted molar refractivity (Wildman–Crippen MR) is 81.5 cm³/mol. The number of carbonyl (C=O) groups is 1. The Morgan fingerprint density at radius 2 is 2.25 bits per heavy atom. The SMILES string of the molecule is O=C(NC(CO)c1ccco1)c1cn(Cc2cccc(F)c2)nn1. The molecule has 0 bridgehead atoms. The third-order valence-corrected chi connectivity index (χ3v) is 3.38. The number of hydrogen-bond donors (Lipinski definition) is 2. The van der Waals surface area contributed by atoms with E-state index in [0.29, 0.717) is 17.9 Å². The Kier molecular flexibility index (Phi) is 4.66. The van der Waals surface area contributed by atoms with Gasteiger partial charge in [0.2, 0.25) is 0 Å². The third kappa shape index (κ3) is 3.66. The number of amides is 1. The van der Waals surface area contributed by atoms with Gasteiger partial charge in [-0.15, -0.1) is 5.10 Å². The number of aromatic nitrogens is 3. The molecule has 24 heavy (non-hydrogen) atoms. The van der Waals surface area contributed by atoms with Crippen LogP contribution in [0.4, 0.5) is 4.39 Å². The molecule has 2 heterocycles. The van der Waals surface area contributed by atoms with Crippen molar-refractivity contribution in [1.29, 1.82) is 0 Å². The van der Waals surface area contributed by atoms with Crippen LogP contribution in [0.1, 0.15) is 27.9 Å². The Balaban J connectivity index is 1.67. The lowest BCUT2D eigenvalue weighted by Crippen LogP contribution is -2.30. The number of aliphatic hydroxyl groups is 1. The molecular formula is C16H15FN4O3. The first-order valence-electron chi connectivity index (χ1n) is 7.25. The molecule has 1 amide bonds. The zero-order chi connectivity index (χ0) is 16.9. The van der Waals surface area contributed by atoms with Gasteiger partial charge in [-0.3, -0.25) is 4.79 Å². The van der Waals surface area contributed by atoms with Gasteiger partial charge in [-0.05, 0) is 29.8 Å². The first-order valence-corrected chi connectivity index (χ1v) is 7.25. The van der Waals surface area contributed by atoms with Gasteiger partial charge >= 0.3 is 0 Å². The van der Waals surface area contributed by atoms with Gasteiger partial charge in [0.25, 0.3) is 5.91 Å². The van der Waals surface area contributed by atoms with Gasteiger partial charge < -0.3 is 14.8 Å². The average molecular weight is 330 g/mol. The van der Waals surface area contributed by atoms with E-state index in [-0.39, 0.29) is 18.1 Å². The first kappa shape index (κ1) is 15.9. The van der Waals surface area contributed by atoms with Gasteiger partial charge in [-0.2, -0.15) is 0 Å². The van der Waals surface area contributed by atoms with Crippen molar-refractivity contribution in [3.05, 3.63) is 71.7 Å². The van der Waals surface area contributed by atoms with Crippen molar-refractivity contribution in [2.24, 2.45) is 0 Å². The lowest BCUT2D eigenvalue weighted by molar-refractivity contribution is 0.0902. The van der Waals surface area contributed by atoms with Crippen LogP contribution in [-0.4, -0.2) is 32.6 Å². The average Bonchev–Trinajstić information content (AvgIpc) is 3.24. The summed E-state index contributed by atoms with van der Waals surface area (Å²) in [6.07, 6.45) is 2.91. The summed E-state index contributed by atoms with van der Waals surface area (Å²) >= 11 is 0. The minimum atomic E-state index is -0.666. The fraction of sp³-hybridized carbons (Fsp3) is 0.188. The van der Waals surface area contributed by atoms with E-state index >= 15 is 0 Å². The van der Waals surface area contributed by atoms with E-state index in [2.05, 4.69) is 15.6 Å². The topological polar surface area (TPSA) is 93.2 Å². The molecule has 0 saturated heterocycles. The zero-order valence-corrected chi connectivity index (χ0v) is 12.6. The largest absolute Gasteiger partial charge is 0.467 e. The van der Waals surface area contributed by atoms with Gasteiger partial charge in [0.1, 0.15) is 17.6 Å². The summed E-state index contributed by atoms with van der Waals surface area (Å²) in [6.45, 7) is -0.0175. The molecule has 3 rings (SSSR count). The summed E-state index contributed by atoms with van der Waals surface area (Å²) in [6, 6.07) is 8.75. The molecule has 1 unspecified atom stereocenters. The van der Waals surface area contributed by atoms with Gasteiger partial charge in [-0.1, -0.05) is 17.3 Å². The Morgan fingerprint density at radius 1 is 1.38 bits per heavy atom. The lowest BCUT2D eigenvalue weighted by Gasteiger charge is -2.12. The number of nitrogens with one attached hydrogen (secondary N) is 1. The maximum atomic E-state index is 13.2. The molecule has 1 atom stereocenters. The van der Waals surface area contributed by atoms with E-state index in [1.165, 1.54) is 29.3 Å². The number of carbonyl (C=O) groups excluding carboxylic acids is 1. The smallest absolute Gasteiger partial charge is 0.274 e. The van der Waals surface area contributed by atoms with E-state index in [1.54, 1.807) is 24.3 Å². The minimum absolute atomic E-state index is 0.0939. The quantitative estimate of drug-likeness (QED) is 0.715. The molecule has 0 spiro atoms. The van der Waals surface area contributed by atoms with Crippen LogP contribution >= 0.6 is 0 Å². The number of rotatable bonds is 6. The Morgan fingerprint density at radius 3 is 2.96 bits per heavy atom.